The summed E-state index contributed by atoms with van der Waals surface area (Å²) < 4.78 is 46.7. The van der Waals surface area contributed by atoms with Gasteiger partial charge in [0.1, 0.15) is 11.9 Å². The Morgan fingerprint density at radius 3 is 2.42 bits per heavy atom. The summed E-state index contributed by atoms with van der Waals surface area (Å²) in [7, 11) is 0. The molecule has 0 unspecified atom stereocenters. The number of halogens is 3. The van der Waals surface area contributed by atoms with Gasteiger partial charge in [-0.2, -0.15) is 0 Å². The van der Waals surface area contributed by atoms with E-state index in [1.54, 1.807) is 0 Å². The van der Waals surface area contributed by atoms with Crippen molar-refractivity contribution >= 4 is 16.8 Å². The first-order chi connectivity index (χ1) is 19.2. The molecule has 0 bridgehead atoms. The molecule has 3 nitrogen and oxygen atoms in total. The van der Waals surface area contributed by atoms with E-state index in [4.69, 9.17) is 10.5 Å². The number of allylic oxidation sites excluding steroid dienone is 1. The highest BCUT2D eigenvalue weighted by atomic mass is 19.3. The summed E-state index contributed by atoms with van der Waals surface area (Å²) >= 11 is 0. The minimum absolute atomic E-state index is 0.00944. The van der Waals surface area contributed by atoms with E-state index in [0.29, 0.717) is 12.1 Å². The van der Waals surface area contributed by atoms with Crippen LogP contribution in [-0.2, 0) is 12.3 Å². The second-order valence-corrected chi connectivity index (χ2v) is 11.0. The van der Waals surface area contributed by atoms with Crippen LogP contribution in [0.25, 0.3) is 16.8 Å². The average Bonchev–Trinajstić information content (AvgIpc) is 3.29. The highest BCUT2D eigenvalue weighted by Crippen LogP contribution is 2.41. The molecule has 1 aliphatic heterocycles. The van der Waals surface area contributed by atoms with Gasteiger partial charge >= 0.3 is 0 Å². The first kappa shape index (κ1) is 28.0. The lowest BCUT2D eigenvalue weighted by atomic mass is 9.87. The van der Waals surface area contributed by atoms with Crippen molar-refractivity contribution in [3.8, 4) is 5.75 Å². The molecule has 0 amide bonds. The molecule has 2 aliphatic rings. The van der Waals surface area contributed by atoms with Gasteiger partial charge in [-0.3, -0.25) is 9.29 Å². The maximum atomic E-state index is 13.9. The smallest absolute Gasteiger partial charge is 0.270 e. The number of hydrogen-bond acceptors (Lipinski definition) is 3. The number of aryl methyl sites for hydroxylation is 1. The number of ether oxygens (including phenoxy) is 1. The fourth-order valence-electron chi connectivity index (χ4n) is 5.84. The summed E-state index contributed by atoms with van der Waals surface area (Å²) in [5, 5.41) is 0. The van der Waals surface area contributed by atoms with Crippen molar-refractivity contribution in [3.63, 3.8) is 0 Å². The van der Waals surface area contributed by atoms with Crippen molar-refractivity contribution in [2.45, 2.75) is 51.1 Å². The van der Waals surface area contributed by atoms with Gasteiger partial charge < -0.3 is 10.5 Å². The topological polar surface area (TPSA) is 38.5 Å². The van der Waals surface area contributed by atoms with E-state index in [2.05, 4.69) is 35.7 Å². The molecule has 1 heterocycles. The summed E-state index contributed by atoms with van der Waals surface area (Å²) in [5.74, 6) is -2.08. The van der Waals surface area contributed by atoms with Crippen molar-refractivity contribution in [2.75, 3.05) is 26.3 Å². The van der Waals surface area contributed by atoms with Crippen LogP contribution in [0.5, 0.6) is 5.75 Å². The van der Waals surface area contributed by atoms with Crippen LogP contribution in [0.2, 0.25) is 0 Å². The normalized spacial score (nSPS) is 17.9. The van der Waals surface area contributed by atoms with Gasteiger partial charge in [0, 0.05) is 37.8 Å². The van der Waals surface area contributed by atoms with Crippen molar-refractivity contribution in [3.05, 3.63) is 107 Å². The SMILES string of the molecule is C=C(N)c1ccc2c(c1)CCCC(c1ccc(C(C)(F)F)cc1)=C2c1ccc(O[C@H]2CCN(CCCF)C2)cc1. The van der Waals surface area contributed by atoms with E-state index in [1.807, 2.05) is 30.3 Å². The molecule has 1 saturated heterocycles. The van der Waals surface area contributed by atoms with Crippen LogP contribution >= 0.6 is 0 Å². The maximum absolute atomic E-state index is 13.9. The van der Waals surface area contributed by atoms with Gasteiger partial charge in [-0.05, 0) is 89.3 Å². The molecule has 6 heteroatoms. The average molecular weight is 547 g/mol. The molecule has 1 atom stereocenters. The molecule has 3 aromatic carbocycles. The molecule has 1 fully saturated rings. The molecular formula is C34H37F3N2O. The van der Waals surface area contributed by atoms with Gasteiger partial charge in [0.25, 0.3) is 5.92 Å². The van der Waals surface area contributed by atoms with Crippen LogP contribution in [-0.4, -0.2) is 37.3 Å². The summed E-state index contributed by atoms with van der Waals surface area (Å²) in [4.78, 5) is 2.25. The molecule has 40 heavy (non-hydrogen) atoms. The lowest BCUT2D eigenvalue weighted by Gasteiger charge is -2.19. The zero-order valence-corrected chi connectivity index (χ0v) is 23.1. The standard InChI is InChI=1S/C34H37F3N2O/c1-23(38)26-11-16-32-27(21-26)5-3-6-31(24-7-12-28(13-8-24)34(2,36)37)33(32)25-9-14-29(15-10-25)40-30-17-20-39(22-30)19-4-18-35/h7-16,21,30H,1,3-6,17-20,22,38H2,2H3/t30-/m0/s1. The number of nitrogens with two attached hydrogens (primary N) is 1. The minimum Gasteiger partial charge on any atom is -0.489 e. The highest BCUT2D eigenvalue weighted by molar-refractivity contribution is 6.00. The molecule has 1 aliphatic carbocycles. The number of fused-ring (bicyclic) bond motifs is 1. The van der Waals surface area contributed by atoms with Crippen LogP contribution in [0.3, 0.4) is 0 Å². The minimum atomic E-state index is -2.88. The molecule has 3 aromatic rings. The van der Waals surface area contributed by atoms with Gasteiger partial charge in [0.15, 0.2) is 0 Å². The summed E-state index contributed by atoms with van der Waals surface area (Å²) in [5.41, 5.74) is 14.0. The molecule has 2 N–H and O–H groups in total. The Bertz CT molecular complexity index is 1370. The Balaban J connectivity index is 1.50. The van der Waals surface area contributed by atoms with Gasteiger partial charge in [-0.25, -0.2) is 8.78 Å². The largest absolute Gasteiger partial charge is 0.489 e. The lowest BCUT2D eigenvalue weighted by molar-refractivity contribution is 0.0175. The number of benzene rings is 3. The third-order valence-corrected chi connectivity index (χ3v) is 7.94. The number of hydrogen-bond donors (Lipinski definition) is 1. The quantitative estimate of drug-likeness (QED) is 0.297. The Morgan fingerprint density at radius 2 is 1.75 bits per heavy atom. The number of alkyl halides is 3. The molecule has 210 valence electrons. The summed E-state index contributed by atoms with van der Waals surface area (Å²) in [6.45, 7) is 7.05. The zero-order chi connectivity index (χ0) is 28.3. The second kappa shape index (κ2) is 11.9. The third kappa shape index (κ3) is 6.28. The second-order valence-electron chi connectivity index (χ2n) is 11.0. The molecular weight excluding hydrogens is 509 g/mol. The van der Waals surface area contributed by atoms with E-state index in [9.17, 15) is 13.2 Å². The maximum Gasteiger partial charge on any atom is 0.270 e. The molecule has 0 spiro atoms. The van der Waals surface area contributed by atoms with Gasteiger partial charge in [0.2, 0.25) is 0 Å². The fraction of sp³-hybridized carbons (Fsp3) is 0.353. The third-order valence-electron chi connectivity index (χ3n) is 7.94. The number of nitrogens with zero attached hydrogens (tertiary/aromatic N) is 1. The molecule has 0 saturated carbocycles. The van der Waals surface area contributed by atoms with Gasteiger partial charge in [-0.15, -0.1) is 0 Å². The van der Waals surface area contributed by atoms with Gasteiger partial charge in [-0.1, -0.05) is 55.1 Å². The Morgan fingerprint density at radius 1 is 1.02 bits per heavy atom. The van der Waals surface area contributed by atoms with Crippen LogP contribution < -0.4 is 10.5 Å². The Labute approximate surface area is 235 Å². The Hall–Kier alpha value is -3.51. The molecule has 5 rings (SSSR count). The van der Waals surface area contributed by atoms with E-state index in [1.165, 1.54) is 17.7 Å². The summed E-state index contributed by atoms with van der Waals surface area (Å²) in [6, 6.07) is 21.1. The lowest BCUT2D eigenvalue weighted by Crippen LogP contribution is -2.26. The Kier molecular flexibility index (Phi) is 8.36. The zero-order valence-electron chi connectivity index (χ0n) is 23.1. The number of likely N-dealkylation sites (tertiary alicyclic amines) is 1. The monoisotopic (exact) mass is 546 g/mol. The first-order valence-electron chi connectivity index (χ1n) is 14.1. The van der Waals surface area contributed by atoms with E-state index < -0.39 is 5.92 Å². The predicted octanol–water partition coefficient (Wildman–Crippen LogP) is 7.84. The van der Waals surface area contributed by atoms with Crippen LogP contribution in [0.4, 0.5) is 13.2 Å². The van der Waals surface area contributed by atoms with Gasteiger partial charge in [0.05, 0.1) is 6.67 Å². The van der Waals surface area contributed by atoms with Crippen molar-refractivity contribution in [1.82, 2.24) is 4.90 Å². The van der Waals surface area contributed by atoms with Crippen molar-refractivity contribution in [1.29, 1.82) is 0 Å². The summed E-state index contributed by atoms with van der Waals surface area (Å²) in [6.07, 6.45) is 4.22. The first-order valence-corrected chi connectivity index (χ1v) is 14.1. The van der Waals surface area contributed by atoms with Crippen molar-refractivity contribution in [2.24, 2.45) is 5.73 Å². The van der Waals surface area contributed by atoms with E-state index >= 15 is 0 Å². The van der Waals surface area contributed by atoms with Crippen LogP contribution in [0.15, 0.2) is 73.3 Å². The van der Waals surface area contributed by atoms with Crippen LogP contribution in [0.1, 0.15) is 66.0 Å². The molecule has 0 radical (unpaired) electrons. The molecule has 0 aromatic heterocycles. The van der Waals surface area contributed by atoms with Crippen LogP contribution in [0, 0.1) is 0 Å². The van der Waals surface area contributed by atoms with E-state index in [-0.39, 0.29) is 18.3 Å². The van der Waals surface area contributed by atoms with E-state index in [0.717, 1.165) is 91.4 Å². The predicted molar refractivity (Wildman–Crippen MR) is 157 cm³/mol. The number of rotatable bonds is 9. The van der Waals surface area contributed by atoms with Crippen molar-refractivity contribution < 1.29 is 17.9 Å². The fourth-order valence-corrected chi connectivity index (χ4v) is 5.84. The highest BCUT2D eigenvalue weighted by Gasteiger charge is 2.26.